The molecule has 7 heteroatoms. The minimum atomic E-state index is -0.554. The van der Waals surface area contributed by atoms with Gasteiger partial charge in [0.05, 0.1) is 17.0 Å². The van der Waals surface area contributed by atoms with Crippen molar-refractivity contribution in [3.05, 3.63) is 71.8 Å². The molecular weight excluding hydrogens is 398 g/mol. The third-order valence-corrected chi connectivity index (χ3v) is 6.53. The van der Waals surface area contributed by atoms with Crippen molar-refractivity contribution in [2.24, 2.45) is 10.9 Å². The van der Waals surface area contributed by atoms with Gasteiger partial charge in [0.1, 0.15) is 12.8 Å². The molecule has 2 aromatic carbocycles. The highest BCUT2D eigenvalue weighted by Gasteiger charge is 2.44. The molecule has 2 aliphatic heterocycles. The zero-order chi connectivity index (χ0) is 21.1. The van der Waals surface area contributed by atoms with Gasteiger partial charge in [-0.1, -0.05) is 60.7 Å². The van der Waals surface area contributed by atoms with Gasteiger partial charge in [-0.05, 0) is 26.1 Å². The second-order valence-electron chi connectivity index (χ2n) is 7.72. The first-order valence-corrected chi connectivity index (χ1v) is 11.0. The number of carbonyl (C=O) groups excluding carboxylic acids is 2. The van der Waals surface area contributed by atoms with Crippen LogP contribution in [0, 0.1) is 5.92 Å². The molecule has 0 aromatic heterocycles. The van der Waals surface area contributed by atoms with Crippen LogP contribution in [0.3, 0.4) is 0 Å². The second-order valence-corrected chi connectivity index (χ2v) is 8.73. The molecule has 2 aliphatic rings. The Bertz CT molecular complexity index is 933. The van der Waals surface area contributed by atoms with Crippen molar-refractivity contribution in [1.82, 2.24) is 9.80 Å². The van der Waals surface area contributed by atoms with E-state index in [1.165, 1.54) is 4.90 Å². The first kappa shape index (κ1) is 20.6. The lowest BCUT2D eigenvalue weighted by molar-refractivity contribution is -0.134. The maximum Gasteiger partial charge on any atom is 0.416 e. The maximum absolute atomic E-state index is 13.5. The van der Waals surface area contributed by atoms with Gasteiger partial charge in [-0.3, -0.25) is 14.7 Å². The second kappa shape index (κ2) is 9.02. The maximum atomic E-state index is 13.5. The van der Waals surface area contributed by atoms with E-state index in [1.807, 2.05) is 79.7 Å². The highest BCUT2D eigenvalue weighted by molar-refractivity contribution is 8.14. The highest BCUT2D eigenvalue weighted by Crippen LogP contribution is 2.31. The Morgan fingerprint density at radius 1 is 1.13 bits per heavy atom. The van der Waals surface area contributed by atoms with Crippen LogP contribution in [-0.4, -0.2) is 65.5 Å². The summed E-state index contributed by atoms with van der Waals surface area (Å²) in [5, 5.41) is 0.920. The van der Waals surface area contributed by atoms with Crippen molar-refractivity contribution in [3.8, 4) is 0 Å². The smallest absolute Gasteiger partial charge is 0.416 e. The number of nitrogens with zero attached hydrogens (tertiary/aromatic N) is 3. The van der Waals surface area contributed by atoms with Gasteiger partial charge in [0, 0.05) is 11.3 Å². The van der Waals surface area contributed by atoms with Gasteiger partial charge in [-0.2, -0.15) is 0 Å². The van der Waals surface area contributed by atoms with Gasteiger partial charge in [0.25, 0.3) is 0 Å². The van der Waals surface area contributed by atoms with Gasteiger partial charge in [-0.25, -0.2) is 9.69 Å². The fourth-order valence-corrected chi connectivity index (χ4v) is 5.00. The number of rotatable bonds is 5. The number of hydrogen-bond acceptors (Lipinski definition) is 6. The number of cyclic esters (lactones) is 1. The third-order valence-electron chi connectivity index (χ3n) is 5.39. The molecule has 30 heavy (non-hydrogen) atoms. The van der Waals surface area contributed by atoms with Crippen LogP contribution in [0.1, 0.15) is 11.1 Å². The van der Waals surface area contributed by atoms with Crippen LogP contribution in [0.25, 0.3) is 0 Å². The Morgan fingerprint density at radius 2 is 1.80 bits per heavy atom. The van der Waals surface area contributed by atoms with Gasteiger partial charge >= 0.3 is 6.09 Å². The van der Waals surface area contributed by atoms with Gasteiger partial charge in [0.2, 0.25) is 5.91 Å². The van der Waals surface area contributed by atoms with Crippen LogP contribution < -0.4 is 0 Å². The van der Waals surface area contributed by atoms with E-state index in [4.69, 9.17) is 9.73 Å². The zero-order valence-electron chi connectivity index (χ0n) is 17.1. The molecule has 6 nitrogen and oxygen atoms in total. The van der Waals surface area contributed by atoms with Gasteiger partial charge < -0.3 is 4.74 Å². The fourth-order valence-electron chi connectivity index (χ4n) is 3.86. The van der Waals surface area contributed by atoms with E-state index in [0.717, 1.165) is 16.2 Å². The number of imide groups is 1. The number of amides is 2. The van der Waals surface area contributed by atoms with Crippen molar-refractivity contribution < 1.29 is 14.3 Å². The average Bonchev–Trinajstić information content (AvgIpc) is 3.14. The van der Waals surface area contributed by atoms with Crippen molar-refractivity contribution in [3.63, 3.8) is 0 Å². The van der Waals surface area contributed by atoms with Crippen LogP contribution in [-0.2, 0) is 16.0 Å². The van der Waals surface area contributed by atoms with Crippen LogP contribution in [0.15, 0.2) is 65.7 Å². The van der Waals surface area contributed by atoms with E-state index in [1.54, 1.807) is 11.8 Å². The predicted molar refractivity (Wildman–Crippen MR) is 119 cm³/mol. The average molecular weight is 424 g/mol. The molecule has 0 N–H and O–H groups in total. The molecule has 0 aliphatic carbocycles. The first-order chi connectivity index (χ1) is 14.5. The zero-order valence-corrected chi connectivity index (χ0v) is 17.9. The largest absolute Gasteiger partial charge is 0.447 e. The molecule has 3 atom stereocenters. The number of benzene rings is 2. The standard InChI is InChI=1S/C23H25N3O3S/c1-25(2)20-19(15-30-21(24-20)17-11-7-4-8-12-17)22(27)26-18(14-29-23(26)28)13-16-9-5-3-6-10-16/h3-12,18-20H,13-15H2,1-2H3/t18-,19-,20+/m0/s1. The summed E-state index contributed by atoms with van der Waals surface area (Å²) in [4.78, 5) is 34.1. The summed E-state index contributed by atoms with van der Waals surface area (Å²) >= 11 is 1.56. The Kier molecular flexibility index (Phi) is 6.20. The van der Waals surface area contributed by atoms with Crippen molar-refractivity contribution in [2.45, 2.75) is 18.6 Å². The Morgan fingerprint density at radius 3 is 2.47 bits per heavy atom. The van der Waals surface area contributed by atoms with Crippen molar-refractivity contribution in [1.29, 1.82) is 0 Å². The van der Waals surface area contributed by atoms with Crippen LogP contribution >= 0.6 is 11.8 Å². The SMILES string of the molecule is CN(C)[C@H]1N=C(c2ccccc2)SC[C@@H]1C(=O)N1C(=O)OC[C@@H]1Cc1ccccc1. The summed E-state index contributed by atoms with van der Waals surface area (Å²) in [7, 11) is 3.83. The van der Waals surface area contributed by atoms with E-state index in [2.05, 4.69) is 0 Å². The summed E-state index contributed by atoms with van der Waals surface area (Å²) in [6.07, 6.45) is -0.301. The number of ether oxygens (including phenoxy) is 1. The summed E-state index contributed by atoms with van der Waals surface area (Å²) in [5.41, 5.74) is 2.12. The van der Waals surface area contributed by atoms with E-state index in [-0.39, 0.29) is 24.7 Å². The van der Waals surface area contributed by atoms with E-state index < -0.39 is 12.0 Å². The monoisotopic (exact) mass is 423 g/mol. The summed E-state index contributed by atoms with van der Waals surface area (Å²) in [6, 6.07) is 19.6. The molecule has 0 saturated carbocycles. The fraction of sp³-hybridized carbons (Fsp3) is 0.348. The topological polar surface area (TPSA) is 62.2 Å². The summed E-state index contributed by atoms with van der Waals surface area (Å²) < 4.78 is 5.26. The molecule has 0 spiro atoms. The number of carbonyl (C=O) groups is 2. The lowest BCUT2D eigenvalue weighted by atomic mass is 10.0. The van der Waals surface area contributed by atoms with Crippen LogP contribution in [0.4, 0.5) is 4.79 Å². The molecule has 4 rings (SSSR count). The van der Waals surface area contributed by atoms with E-state index >= 15 is 0 Å². The normalized spacial score (nSPS) is 24.0. The first-order valence-electron chi connectivity index (χ1n) is 10.0. The minimum absolute atomic E-state index is 0.208. The van der Waals surface area contributed by atoms with Gasteiger partial charge in [0.15, 0.2) is 0 Å². The lowest BCUT2D eigenvalue weighted by Crippen LogP contribution is -2.51. The van der Waals surface area contributed by atoms with Crippen molar-refractivity contribution >= 4 is 28.8 Å². The van der Waals surface area contributed by atoms with E-state index in [9.17, 15) is 9.59 Å². The van der Waals surface area contributed by atoms with Gasteiger partial charge in [-0.15, -0.1) is 11.8 Å². The Hall–Kier alpha value is -2.64. The summed E-state index contributed by atoms with van der Waals surface area (Å²) in [6.45, 7) is 0.227. The molecule has 0 bridgehead atoms. The Balaban J connectivity index is 1.56. The highest BCUT2D eigenvalue weighted by atomic mass is 32.2. The molecule has 2 amide bonds. The molecule has 0 unspecified atom stereocenters. The molecule has 1 fully saturated rings. The lowest BCUT2D eigenvalue weighted by Gasteiger charge is -2.34. The molecular formula is C23H25N3O3S. The number of thioether (sulfide) groups is 1. The van der Waals surface area contributed by atoms with Crippen LogP contribution in [0.2, 0.25) is 0 Å². The third kappa shape index (κ3) is 4.27. The molecule has 2 heterocycles. The molecule has 156 valence electrons. The van der Waals surface area contributed by atoms with Crippen molar-refractivity contribution in [2.75, 3.05) is 26.5 Å². The summed E-state index contributed by atoms with van der Waals surface area (Å²) in [5.74, 6) is -0.0565. The molecule has 1 saturated heterocycles. The Labute approximate surface area is 180 Å². The molecule has 0 radical (unpaired) electrons. The predicted octanol–water partition coefficient (Wildman–Crippen LogP) is 3.27. The quantitative estimate of drug-likeness (QED) is 0.739. The van der Waals surface area contributed by atoms with E-state index in [0.29, 0.717) is 12.2 Å². The number of hydrogen-bond donors (Lipinski definition) is 0. The van der Waals surface area contributed by atoms with Crippen LogP contribution in [0.5, 0.6) is 0 Å². The minimum Gasteiger partial charge on any atom is -0.447 e. The molecule has 2 aromatic rings. The number of aliphatic imine (C=N–C) groups is 1.